The Morgan fingerprint density at radius 2 is 2.25 bits per heavy atom. The number of carbonyl (C=O) groups excluding carboxylic acids is 1. The van der Waals surface area contributed by atoms with Crippen LogP contribution in [0.4, 0.5) is 0 Å². The molecule has 4 nitrogen and oxygen atoms in total. The summed E-state index contributed by atoms with van der Waals surface area (Å²) in [5.41, 5.74) is 0. The van der Waals surface area contributed by atoms with Gasteiger partial charge in [-0.1, -0.05) is 4.85 Å². The van der Waals surface area contributed by atoms with Gasteiger partial charge in [-0.25, -0.2) is 4.79 Å². The largest absolute Gasteiger partial charge is 0.460 e. The first kappa shape index (κ1) is 10.9. The lowest BCUT2D eigenvalue weighted by atomic mass is 10.3. The van der Waals surface area contributed by atoms with Crippen LogP contribution in [0.2, 0.25) is 0 Å². The van der Waals surface area contributed by atoms with Gasteiger partial charge < -0.3 is 9.64 Å². The van der Waals surface area contributed by atoms with E-state index in [2.05, 4.69) is 4.85 Å². The van der Waals surface area contributed by atoms with Gasteiger partial charge in [0.2, 0.25) is 0 Å². The van der Waals surface area contributed by atoms with E-state index in [9.17, 15) is 4.79 Å². The molecule has 0 radical (unpaired) electrons. The molecule has 68 valence electrons. The standard InChI is InChI=1S/C8H15N2O2/c1-5-12-8(11)7(9-2)6-10(3)4/h2,7H,5-6H2,1,3-4H3/q+1. The normalized spacial score (nSPS) is 12.2. The zero-order valence-electron chi connectivity index (χ0n) is 7.78. The minimum absolute atomic E-state index is 0.359. The van der Waals surface area contributed by atoms with Gasteiger partial charge in [0.05, 0.1) is 13.2 Å². The van der Waals surface area contributed by atoms with Gasteiger partial charge in [-0.05, 0) is 21.0 Å². The lowest BCUT2D eigenvalue weighted by molar-refractivity contribution is -0.143. The Bertz CT molecular complexity index is 184. The Hall–Kier alpha value is -1.08. The summed E-state index contributed by atoms with van der Waals surface area (Å²) in [5.74, 6) is -0.367. The first-order valence-corrected chi connectivity index (χ1v) is 3.83. The molecule has 0 N–H and O–H groups in total. The zero-order valence-corrected chi connectivity index (χ0v) is 7.78. The molecule has 0 aliphatic carbocycles. The summed E-state index contributed by atoms with van der Waals surface area (Å²) in [7, 11) is 3.69. The van der Waals surface area contributed by atoms with Gasteiger partial charge in [-0.3, -0.25) is 0 Å². The van der Waals surface area contributed by atoms with E-state index >= 15 is 0 Å². The van der Waals surface area contributed by atoms with E-state index in [1.54, 1.807) is 6.92 Å². The minimum atomic E-state index is -0.569. The molecule has 0 aromatic carbocycles. The van der Waals surface area contributed by atoms with E-state index in [0.29, 0.717) is 13.2 Å². The van der Waals surface area contributed by atoms with Crippen molar-refractivity contribution >= 4 is 5.97 Å². The number of hydrogen-bond donors (Lipinski definition) is 0. The average Bonchev–Trinajstić information content (AvgIpc) is 2.00. The highest BCUT2D eigenvalue weighted by molar-refractivity contribution is 5.78. The molecule has 12 heavy (non-hydrogen) atoms. The second-order valence-electron chi connectivity index (χ2n) is 2.68. The van der Waals surface area contributed by atoms with Crippen molar-refractivity contribution in [3.05, 3.63) is 4.85 Å². The van der Waals surface area contributed by atoms with Crippen molar-refractivity contribution in [3.8, 4) is 6.57 Å². The maximum atomic E-state index is 11.1. The number of nitrogens with zero attached hydrogens (tertiary/aromatic N) is 2. The van der Waals surface area contributed by atoms with Gasteiger partial charge in [-0.2, -0.15) is 0 Å². The van der Waals surface area contributed by atoms with Crippen LogP contribution >= 0.6 is 0 Å². The van der Waals surface area contributed by atoms with Gasteiger partial charge in [0, 0.05) is 0 Å². The Morgan fingerprint density at radius 3 is 2.58 bits per heavy atom. The third-order valence-electron chi connectivity index (χ3n) is 1.28. The van der Waals surface area contributed by atoms with Crippen LogP contribution in [-0.2, 0) is 9.53 Å². The topological polar surface area (TPSA) is 33.9 Å². The van der Waals surface area contributed by atoms with Gasteiger partial charge >= 0.3 is 12.0 Å². The fraction of sp³-hybridized carbons (Fsp3) is 0.750. The average molecular weight is 171 g/mol. The van der Waals surface area contributed by atoms with Crippen molar-refractivity contribution in [3.63, 3.8) is 0 Å². The highest BCUT2D eigenvalue weighted by atomic mass is 16.5. The molecule has 0 heterocycles. The molecule has 0 aromatic rings. The van der Waals surface area contributed by atoms with E-state index < -0.39 is 6.04 Å². The summed E-state index contributed by atoms with van der Waals surface area (Å²) in [5, 5.41) is 0. The number of esters is 1. The van der Waals surface area contributed by atoms with Crippen LogP contribution in [0.3, 0.4) is 0 Å². The predicted molar refractivity (Wildman–Crippen MR) is 47.3 cm³/mol. The minimum Gasteiger partial charge on any atom is -0.460 e. The lowest BCUT2D eigenvalue weighted by Gasteiger charge is -2.07. The quantitative estimate of drug-likeness (QED) is 0.576. The van der Waals surface area contributed by atoms with E-state index in [0.717, 1.165) is 0 Å². The van der Waals surface area contributed by atoms with E-state index in [4.69, 9.17) is 11.3 Å². The number of rotatable bonds is 4. The van der Waals surface area contributed by atoms with Crippen molar-refractivity contribution < 1.29 is 9.53 Å². The molecule has 0 saturated heterocycles. The molecule has 0 aliphatic heterocycles. The fourth-order valence-electron chi connectivity index (χ4n) is 0.767. The van der Waals surface area contributed by atoms with Gasteiger partial charge in [0.1, 0.15) is 0 Å². The number of ether oxygens (including phenoxy) is 1. The first-order chi connectivity index (χ1) is 5.61. The van der Waals surface area contributed by atoms with Crippen molar-refractivity contribution in [1.82, 2.24) is 4.90 Å². The van der Waals surface area contributed by atoms with E-state index in [1.807, 2.05) is 19.0 Å². The molecule has 0 amide bonds. The summed E-state index contributed by atoms with van der Waals surface area (Å²) in [6, 6.07) is -0.569. The summed E-state index contributed by atoms with van der Waals surface area (Å²) >= 11 is 0. The van der Waals surface area contributed by atoms with Crippen LogP contribution in [0.15, 0.2) is 0 Å². The lowest BCUT2D eigenvalue weighted by Crippen LogP contribution is -2.31. The van der Waals surface area contributed by atoms with Crippen LogP contribution in [0.25, 0.3) is 4.85 Å². The molecule has 0 bridgehead atoms. The first-order valence-electron chi connectivity index (χ1n) is 3.83. The molecule has 0 saturated carbocycles. The Morgan fingerprint density at radius 1 is 1.67 bits per heavy atom. The number of hydrogen-bond acceptors (Lipinski definition) is 3. The second-order valence-corrected chi connectivity index (χ2v) is 2.68. The predicted octanol–water partition coefficient (Wildman–Crippen LogP) is 0.442. The zero-order chi connectivity index (χ0) is 9.56. The Balaban J connectivity index is 3.99. The maximum absolute atomic E-state index is 11.1. The Labute approximate surface area is 72.9 Å². The monoisotopic (exact) mass is 171 g/mol. The van der Waals surface area contributed by atoms with Gasteiger partial charge in [0.25, 0.3) is 6.57 Å². The van der Waals surface area contributed by atoms with Crippen LogP contribution in [-0.4, -0.2) is 44.2 Å². The van der Waals surface area contributed by atoms with Gasteiger partial charge in [0.15, 0.2) is 0 Å². The molecule has 0 fully saturated rings. The van der Waals surface area contributed by atoms with E-state index in [-0.39, 0.29) is 5.97 Å². The van der Waals surface area contributed by atoms with Crippen LogP contribution in [0.5, 0.6) is 0 Å². The SMILES string of the molecule is C#[N+]C(CN(C)C)C(=O)OCC. The highest BCUT2D eigenvalue weighted by Gasteiger charge is 2.28. The number of carbonyl (C=O) groups is 1. The molecular formula is C8H15N2O2+. The molecule has 4 heteroatoms. The fourth-order valence-corrected chi connectivity index (χ4v) is 0.767. The molecule has 0 spiro atoms. The van der Waals surface area contributed by atoms with Crippen molar-refractivity contribution in [2.24, 2.45) is 0 Å². The number of likely N-dealkylation sites (N-methyl/N-ethyl adjacent to an activating group) is 1. The van der Waals surface area contributed by atoms with Crippen molar-refractivity contribution in [1.29, 1.82) is 0 Å². The molecule has 0 rings (SSSR count). The summed E-state index contributed by atoms with van der Waals surface area (Å²) in [6.45, 7) is 7.64. The highest BCUT2D eigenvalue weighted by Crippen LogP contribution is 1.96. The second kappa shape index (κ2) is 5.56. The van der Waals surface area contributed by atoms with Crippen LogP contribution in [0.1, 0.15) is 6.92 Å². The molecule has 0 aromatic heterocycles. The summed E-state index contributed by atoms with van der Waals surface area (Å²) in [6.07, 6.45) is 0. The van der Waals surface area contributed by atoms with Crippen molar-refractivity contribution in [2.45, 2.75) is 13.0 Å². The van der Waals surface area contributed by atoms with Crippen LogP contribution in [0, 0.1) is 6.57 Å². The smallest absolute Gasteiger partial charge is 0.396 e. The Kier molecular flexibility index (Phi) is 5.06. The maximum Gasteiger partial charge on any atom is 0.396 e. The van der Waals surface area contributed by atoms with Crippen LogP contribution < -0.4 is 0 Å². The molecular weight excluding hydrogens is 156 g/mol. The molecule has 1 unspecified atom stereocenters. The molecule has 0 aliphatic rings. The third-order valence-corrected chi connectivity index (χ3v) is 1.28. The van der Waals surface area contributed by atoms with Crippen molar-refractivity contribution in [2.75, 3.05) is 27.2 Å². The summed E-state index contributed by atoms with van der Waals surface area (Å²) < 4.78 is 4.76. The molecule has 1 atom stereocenters. The van der Waals surface area contributed by atoms with E-state index in [1.165, 1.54) is 0 Å². The summed E-state index contributed by atoms with van der Waals surface area (Å²) in [4.78, 5) is 16.3. The third kappa shape index (κ3) is 3.94. The van der Waals surface area contributed by atoms with Gasteiger partial charge in [-0.15, -0.1) is 0 Å².